The third kappa shape index (κ3) is 3.30. The fraction of sp³-hybridized carbons (Fsp3) is 0.545. The number of aromatic nitrogens is 4. The van der Waals surface area contributed by atoms with E-state index in [2.05, 4.69) is 59.6 Å². The van der Waals surface area contributed by atoms with E-state index in [1.165, 1.54) is 29.7 Å². The van der Waals surface area contributed by atoms with Crippen LogP contribution >= 0.6 is 0 Å². The molecule has 1 aromatic carbocycles. The van der Waals surface area contributed by atoms with Crippen LogP contribution in [-0.4, -0.2) is 44.4 Å². The molecule has 0 unspecified atom stereocenters. The first-order chi connectivity index (χ1) is 13.5. The van der Waals surface area contributed by atoms with Crippen LogP contribution in [0.15, 0.2) is 24.3 Å². The molecule has 1 fully saturated rings. The molecule has 3 heterocycles. The molecule has 0 N–H and O–H groups in total. The summed E-state index contributed by atoms with van der Waals surface area (Å²) >= 11 is 0. The van der Waals surface area contributed by atoms with Crippen LogP contribution in [0.5, 0.6) is 5.88 Å². The summed E-state index contributed by atoms with van der Waals surface area (Å²) in [5, 5.41) is 4.54. The van der Waals surface area contributed by atoms with E-state index in [-0.39, 0.29) is 0 Å². The molecule has 1 atom stereocenters. The Morgan fingerprint density at radius 3 is 2.79 bits per heavy atom. The van der Waals surface area contributed by atoms with Crippen LogP contribution in [-0.2, 0) is 13.6 Å². The van der Waals surface area contributed by atoms with E-state index in [0.29, 0.717) is 12.0 Å². The maximum absolute atomic E-state index is 5.60. The molecule has 6 nitrogen and oxygen atoms in total. The van der Waals surface area contributed by atoms with Crippen molar-refractivity contribution in [2.75, 3.05) is 20.2 Å². The minimum atomic E-state index is 0.401. The SMILES string of the molecule is COc1c(CN2CCC[C@@H](c3nc4ccccc4n3C(C)C)C2)c(C)nn1C. The summed E-state index contributed by atoms with van der Waals surface area (Å²) in [6, 6.07) is 8.91. The van der Waals surface area contributed by atoms with Crippen molar-refractivity contribution in [2.45, 2.75) is 52.1 Å². The normalized spacial score (nSPS) is 18.3. The highest BCUT2D eigenvalue weighted by Crippen LogP contribution is 2.33. The number of ether oxygens (including phenoxy) is 1. The molecule has 3 aromatic rings. The van der Waals surface area contributed by atoms with E-state index in [4.69, 9.17) is 9.72 Å². The lowest BCUT2D eigenvalue weighted by Gasteiger charge is -2.33. The Kier molecular flexibility index (Phi) is 5.15. The topological polar surface area (TPSA) is 48.1 Å². The summed E-state index contributed by atoms with van der Waals surface area (Å²) in [4.78, 5) is 7.58. The number of hydrogen-bond acceptors (Lipinski definition) is 4. The number of aryl methyl sites for hydroxylation is 2. The number of imidazole rings is 1. The van der Waals surface area contributed by atoms with E-state index in [9.17, 15) is 0 Å². The largest absolute Gasteiger partial charge is 0.481 e. The zero-order chi connectivity index (χ0) is 19.8. The number of piperidine rings is 1. The molecule has 28 heavy (non-hydrogen) atoms. The number of fused-ring (bicyclic) bond motifs is 1. The Morgan fingerprint density at radius 2 is 2.04 bits per heavy atom. The highest BCUT2D eigenvalue weighted by atomic mass is 16.5. The molecule has 1 aliphatic heterocycles. The molecule has 1 aliphatic rings. The first kappa shape index (κ1) is 19.0. The molecule has 0 radical (unpaired) electrons. The van der Waals surface area contributed by atoms with Crippen LogP contribution < -0.4 is 4.74 Å². The number of benzene rings is 1. The number of rotatable bonds is 5. The molecule has 4 rings (SSSR count). The van der Waals surface area contributed by atoms with Gasteiger partial charge in [-0.2, -0.15) is 5.10 Å². The van der Waals surface area contributed by atoms with E-state index in [1.54, 1.807) is 7.11 Å². The first-order valence-electron chi connectivity index (χ1n) is 10.2. The van der Waals surface area contributed by atoms with E-state index in [1.807, 2.05) is 11.7 Å². The first-order valence-corrected chi connectivity index (χ1v) is 10.2. The molecule has 150 valence electrons. The van der Waals surface area contributed by atoms with Crippen molar-refractivity contribution in [1.29, 1.82) is 0 Å². The highest BCUT2D eigenvalue weighted by Gasteiger charge is 2.28. The number of methoxy groups -OCH3 is 1. The summed E-state index contributed by atoms with van der Waals surface area (Å²) < 4.78 is 9.87. The third-order valence-electron chi connectivity index (χ3n) is 5.87. The molecular formula is C22H31N5O. The van der Waals surface area contributed by atoms with Gasteiger partial charge in [0.05, 0.1) is 29.4 Å². The van der Waals surface area contributed by atoms with E-state index in [0.717, 1.165) is 36.7 Å². The van der Waals surface area contributed by atoms with Crippen molar-refractivity contribution in [3.63, 3.8) is 0 Å². The van der Waals surface area contributed by atoms with Gasteiger partial charge in [-0.1, -0.05) is 12.1 Å². The lowest BCUT2D eigenvalue weighted by Crippen LogP contribution is -2.35. The van der Waals surface area contributed by atoms with E-state index < -0.39 is 0 Å². The molecular weight excluding hydrogens is 350 g/mol. The molecule has 1 saturated heterocycles. The number of hydrogen-bond donors (Lipinski definition) is 0. The zero-order valence-corrected chi connectivity index (χ0v) is 17.6. The Hall–Kier alpha value is -2.34. The molecule has 0 spiro atoms. The van der Waals surface area contributed by atoms with Crippen molar-refractivity contribution in [1.82, 2.24) is 24.2 Å². The Morgan fingerprint density at radius 1 is 1.25 bits per heavy atom. The van der Waals surface area contributed by atoms with Gasteiger partial charge in [0.25, 0.3) is 0 Å². The van der Waals surface area contributed by atoms with Crippen LogP contribution in [0.3, 0.4) is 0 Å². The van der Waals surface area contributed by atoms with Crippen LogP contribution in [0.4, 0.5) is 0 Å². The monoisotopic (exact) mass is 381 g/mol. The van der Waals surface area contributed by atoms with Crippen molar-refractivity contribution < 1.29 is 4.74 Å². The molecule has 2 aromatic heterocycles. The second-order valence-corrected chi connectivity index (χ2v) is 8.19. The summed E-state index contributed by atoms with van der Waals surface area (Å²) in [6.07, 6.45) is 2.38. The van der Waals surface area contributed by atoms with Gasteiger partial charge in [-0.25, -0.2) is 9.67 Å². The van der Waals surface area contributed by atoms with Crippen molar-refractivity contribution in [2.24, 2.45) is 7.05 Å². The lowest BCUT2D eigenvalue weighted by atomic mass is 9.96. The van der Waals surface area contributed by atoms with Crippen LogP contribution in [0.1, 0.15) is 55.7 Å². The van der Waals surface area contributed by atoms with Gasteiger partial charge < -0.3 is 9.30 Å². The average Bonchev–Trinajstić information content (AvgIpc) is 3.19. The molecule has 0 bridgehead atoms. The summed E-state index contributed by atoms with van der Waals surface area (Å²) in [7, 11) is 3.67. The number of nitrogens with zero attached hydrogens (tertiary/aromatic N) is 5. The lowest BCUT2D eigenvalue weighted by molar-refractivity contribution is 0.191. The summed E-state index contributed by atoms with van der Waals surface area (Å²) in [5.74, 6) is 2.55. The average molecular weight is 382 g/mol. The number of para-hydroxylation sites is 2. The standard InChI is InChI=1S/C22H31N5O/c1-15(2)27-20-11-7-6-10-19(20)23-21(27)17-9-8-12-26(13-17)14-18-16(3)24-25(4)22(18)28-5/h6-7,10-11,15,17H,8-9,12-14H2,1-5H3/t17-/m1/s1. The Balaban J connectivity index is 1.62. The van der Waals surface area contributed by atoms with Gasteiger partial charge in [-0.3, -0.25) is 4.90 Å². The van der Waals surface area contributed by atoms with Gasteiger partial charge in [0, 0.05) is 32.1 Å². The zero-order valence-electron chi connectivity index (χ0n) is 17.6. The predicted octanol–water partition coefficient (Wildman–Crippen LogP) is 4.05. The second kappa shape index (κ2) is 7.59. The van der Waals surface area contributed by atoms with Crippen LogP contribution in [0.2, 0.25) is 0 Å². The summed E-state index contributed by atoms with van der Waals surface area (Å²) in [5.41, 5.74) is 4.60. The van der Waals surface area contributed by atoms with Gasteiger partial charge in [-0.15, -0.1) is 0 Å². The van der Waals surface area contributed by atoms with Crippen LogP contribution in [0.25, 0.3) is 11.0 Å². The maximum Gasteiger partial charge on any atom is 0.216 e. The van der Waals surface area contributed by atoms with Crippen molar-refractivity contribution in [3.05, 3.63) is 41.3 Å². The predicted molar refractivity (Wildman–Crippen MR) is 112 cm³/mol. The molecule has 0 aliphatic carbocycles. The van der Waals surface area contributed by atoms with Gasteiger partial charge in [0.1, 0.15) is 5.82 Å². The molecule has 0 saturated carbocycles. The smallest absolute Gasteiger partial charge is 0.216 e. The quantitative estimate of drug-likeness (QED) is 0.669. The van der Waals surface area contributed by atoms with Gasteiger partial charge in [-0.05, 0) is 52.3 Å². The van der Waals surface area contributed by atoms with Gasteiger partial charge in [0.2, 0.25) is 5.88 Å². The van der Waals surface area contributed by atoms with Gasteiger partial charge >= 0.3 is 0 Å². The minimum absolute atomic E-state index is 0.401. The Labute approximate surface area is 167 Å². The third-order valence-corrected chi connectivity index (χ3v) is 5.87. The van der Waals surface area contributed by atoms with Crippen LogP contribution in [0, 0.1) is 6.92 Å². The van der Waals surface area contributed by atoms with Gasteiger partial charge in [0.15, 0.2) is 0 Å². The minimum Gasteiger partial charge on any atom is -0.481 e. The van der Waals surface area contributed by atoms with Crippen molar-refractivity contribution in [3.8, 4) is 5.88 Å². The molecule has 0 amide bonds. The fourth-order valence-corrected chi connectivity index (χ4v) is 4.65. The van der Waals surface area contributed by atoms with E-state index >= 15 is 0 Å². The fourth-order valence-electron chi connectivity index (χ4n) is 4.65. The molecule has 6 heteroatoms. The van der Waals surface area contributed by atoms with Crippen molar-refractivity contribution >= 4 is 11.0 Å². The Bertz CT molecular complexity index is 971. The summed E-state index contributed by atoms with van der Waals surface area (Å²) in [6.45, 7) is 9.58. The number of likely N-dealkylation sites (tertiary alicyclic amines) is 1. The maximum atomic E-state index is 5.60. The second-order valence-electron chi connectivity index (χ2n) is 8.19. The highest BCUT2D eigenvalue weighted by molar-refractivity contribution is 5.76.